The summed E-state index contributed by atoms with van der Waals surface area (Å²) < 4.78 is 2.67. The summed E-state index contributed by atoms with van der Waals surface area (Å²) in [6.07, 6.45) is 0. The van der Waals surface area contributed by atoms with E-state index in [9.17, 15) is 0 Å². The first kappa shape index (κ1) is 21.9. The Morgan fingerprint density at radius 2 is 1.19 bits per heavy atom. The summed E-state index contributed by atoms with van der Waals surface area (Å²) in [4.78, 5) is 0. The standard InChI is InChI=1S/C26H17NS.2C2H6/c27-25-19-7-3-1-5-16(19)9-12-20(25)18-11-14-24-23(15-18)22-13-10-17-6-2-4-8-21(17)26(22)28-24;2*1-2/h1-15H,27H2;2*1-2H3. The number of hydrogen-bond acceptors (Lipinski definition) is 2. The molecule has 0 aliphatic carbocycles. The van der Waals surface area contributed by atoms with Crippen molar-refractivity contribution in [2.45, 2.75) is 27.7 Å². The zero-order valence-electron chi connectivity index (χ0n) is 19.1. The maximum atomic E-state index is 6.56. The van der Waals surface area contributed by atoms with E-state index in [1.54, 1.807) is 0 Å². The average Bonchev–Trinajstić information content (AvgIpc) is 3.25. The molecule has 2 N–H and O–H groups in total. The van der Waals surface area contributed by atoms with Crippen LogP contribution in [0.1, 0.15) is 27.7 Å². The van der Waals surface area contributed by atoms with E-state index in [-0.39, 0.29) is 0 Å². The second kappa shape index (κ2) is 9.42. The molecule has 0 atom stereocenters. The van der Waals surface area contributed by atoms with Crippen LogP contribution < -0.4 is 5.73 Å². The van der Waals surface area contributed by atoms with E-state index in [2.05, 4.69) is 84.9 Å². The van der Waals surface area contributed by atoms with Crippen molar-refractivity contribution >= 4 is 58.7 Å². The van der Waals surface area contributed by atoms with Gasteiger partial charge in [-0.1, -0.05) is 107 Å². The van der Waals surface area contributed by atoms with Gasteiger partial charge in [0.05, 0.1) is 0 Å². The van der Waals surface area contributed by atoms with Crippen molar-refractivity contribution in [3.05, 3.63) is 91.0 Å². The fourth-order valence-electron chi connectivity index (χ4n) is 4.22. The molecule has 0 fully saturated rings. The van der Waals surface area contributed by atoms with Crippen LogP contribution in [0.5, 0.6) is 0 Å². The van der Waals surface area contributed by atoms with Crippen LogP contribution in [0.25, 0.3) is 52.8 Å². The molecule has 1 heterocycles. The predicted molar refractivity (Wildman–Crippen MR) is 147 cm³/mol. The van der Waals surface area contributed by atoms with Gasteiger partial charge in [0.15, 0.2) is 0 Å². The Morgan fingerprint density at radius 1 is 0.562 bits per heavy atom. The second-order valence-electron chi connectivity index (χ2n) is 7.22. The summed E-state index contributed by atoms with van der Waals surface area (Å²) in [5.41, 5.74) is 9.68. The van der Waals surface area contributed by atoms with Gasteiger partial charge in [0.25, 0.3) is 0 Å². The second-order valence-corrected chi connectivity index (χ2v) is 8.28. The van der Waals surface area contributed by atoms with Gasteiger partial charge in [-0.05, 0) is 33.9 Å². The number of hydrogen-bond donors (Lipinski definition) is 1. The molecule has 1 aromatic heterocycles. The monoisotopic (exact) mass is 435 g/mol. The Kier molecular flexibility index (Phi) is 6.43. The van der Waals surface area contributed by atoms with Gasteiger partial charge in [-0.2, -0.15) is 0 Å². The van der Waals surface area contributed by atoms with Crippen LogP contribution in [0.2, 0.25) is 0 Å². The smallest absolute Gasteiger partial charge is 0.0473 e. The summed E-state index contributed by atoms with van der Waals surface area (Å²) in [5, 5.41) is 7.53. The molecule has 0 saturated heterocycles. The summed E-state index contributed by atoms with van der Waals surface area (Å²) in [6.45, 7) is 8.00. The van der Waals surface area contributed by atoms with E-state index < -0.39 is 0 Å². The van der Waals surface area contributed by atoms with E-state index >= 15 is 0 Å². The van der Waals surface area contributed by atoms with Crippen molar-refractivity contribution in [3.8, 4) is 11.1 Å². The molecule has 2 heteroatoms. The normalized spacial score (nSPS) is 10.6. The lowest BCUT2D eigenvalue weighted by Crippen LogP contribution is -1.91. The average molecular weight is 436 g/mol. The molecular formula is C30H29NS. The van der Waals surface area contributed by atoms with Crippen molar-refractivity contribution in [1.29, 1.82) is 0 Å². The summed E-state index contributed by atoms with van der Waals surface area (Å²) in [6, 6.07) is 32.4. The van der Waals surface area contributed by atoms with Crippen molar-refractivity contribution in [2.24, 2.45) is 0 Å². The van der Waals surface area contributed by atoms with E-state index in [0.717, 1.165) is 16.6 Å². The Balaban J connectivity index is 0.000000582. The molecule has 6 rings (SSSR count). The molecule has 32 heavy (non-hydrogen) atoms. The fraction of sp³-hybridized carbons (Fsp3) is 0.133. The number of thiophene rings is 1. The summed E-state index contributed by atoms with van der Waals surface area (Å²) in [7, 11) is 0. The van der Waals surface area contributed by atoms with Crippen molar-refractivity contribution < 1.29 is 0 Å². The molecule has 0 amide bonds. The highest BCUT2D eigenvalue weighted by molar-refractivity contribution is 7.26. The number of nitrogens with two attached hydrogens (primary N) is 1. The van der Waals surface area contributed by atoms with Crippen LogP contribution in [0.4, 0.5) is 5.69 Å². The van der Waals surface area contributed by atoms with Crippen LogP contribution in [-0.4, -0.2) is 0 Å². The van der Waals surface area contributed by atoms with Crippen molar-refractivity contribution in [1.82, 2.24) is 0 Å². The van der Waals surface area contributed by atoms with Gasteiger partial charge in [-0.15, -0.1) is 11.3 Å². The molecule has 0 aliphatic rings. The Bertz CT molecular complexity index is 1520. The van der Waals surface area contributed by atoms with E-state index in [1.165, 1.54) is 41.9 Å². The lowest BCUT2D eigenvalue weighted by molar-refractivity contribution is 1.50. The van der Waals surface area contributed by atoms with E-state index in [0.29, 0.717) is 0 Å². The third-order valence-corrected chi connectivity index (χ3v) is 6.86. The lowest BCUT2D eigenvalue weighted by Gasteiger charge is -2.10. The molecule has 5 aromatic carbocycles. The number of fused-ring (bicyclic) bond motifs is 6. The van der Waals surface area contributed by atoms with Crippen LogP contribution >= 0.6 is 11.3 Å². The van der Waals surface area contributed by atoms with Gasteiger partial charge >= 0.3 is 0 Å². The molecule has 0 aliphatic heterocycles. The van der Waals surface area contributed by atoms with Crippen LogP contribution in [0.15, 0.2) is 91.0 Å². The zero-order chi connectivity index (χ0) is 22.7. The molecule has 0 bridgehead atoms. The van der Waals surface area contributed by atoms with Crippen LogP contribution in [0, 0.1) is 0 Å². The summed E-state index contributed by atoms with van der Waals surface area (Å²) in [5.74, 6) is 0. The number of benzene rings is 5. The fourth-order valence-corrected chi connectivity index (χ4v) is 5.44. The maximum absolute atomic E-state index is 6.56. The van der Waals surface area contributed by atoms with Crippen LogP contribution in [0.3, 0.4) is 0 Å². The topological polar surface area (TPSA) is 26.0 Å². The Hall–Kier alpha value is -3.36. The van der Waals surface area contributed by atoms with Gasteiger partial charge < -0.3 is 5.73 Å². The van der Waals surface area contributed by atoms with Crippen molar-refractivity contribution in [3.63, 3.8) is 0 Å². The van der Waals surface area contributed by atoms with E-state index in [1.807, 2.05) is 45.1 Å². The minimum absolute atomic E-state index is 0.849. The molecule has 160 valence electrons. The number of nitrogen functional groups attached to an aromatic ring is 1. The molecule has 6 aromatic rings. The Morgan fingerprint density at radius 3 is 1.94 bits per heavy atom. The molecule has 0 radical (unpaired) electrons. The SMILES string of the molecule is CC.CC.Nc1c(-c2ccc3sc4c5ccccc5ccc4c3c2)ccc2ccccc12. The highest BCUT2D eigenvalue weighted by Gasteiger charge is 2.11. The summed E-state index contributed by atoms with van der Waals surface area (Å²) >= 11 is 1.87. The van der Waals surface area contributed by atoms with E-state index in [4.69, 9.17) is 5.73 Å². The highest BCUT2D eigenvalue weighted by Crippen LogP contribution is 2.41. The first-order valence-electron chi connectivity index (χ1n) is 11.4. The molecule has 1 nitrogen and oxygen atoms in total. The minimum atomic E-state index is 0.849. The number of rotatable bonds is 1. The molecule has 0 unspecified atom stereocenters. The molecular weight excluding hydrogens is 406 g/mol. The molecule has 0 spiro atoms. The van der Waals surface area contributed by atoms with Gasteiger partial charge in [-0.25, -0.2) is 0 Å². The lowest BCUT2D eigenvalue weighted by atomic mass is 9.97. The molecule has 0 saturated carbocycles. The van der Waals surface area contributed by atoms with Gasteiger partial charge in [0.2, 0.25) is 0 Å². The van der Waals surface area contributed by atoms with Gasteiger partial charge in [0.1, 0.15) is 0 Å². The number of anilines is 1. The first-order chi connectivity index (χ1) is 15.8. The first-order valence-corrected chi connectivity index (χ1v) is 12.2. The Labute approximate surface area is 194 Å². The van der Waals surface area contributed by atoms with Gasteiger partial charge in [-0.3, -0.25) is 0 Å². The minimum Gasteiger partial charge on any atom is -0.398 e. The third kappa shape index (κ3) is 3.61. The van der Waals surface area contributed by atoms with Crippen LogP contribution in [-0.2, 0) is 0 Å². The maximum Gasteiger partial charge on any atom is 0.0473 e. The highest BCUT2D eigenvalue weighted by atomic mass is 32.1. The third-order valence-electron chi connectivity index (χ3n) is 5.64. The zero-order valence-corrected chi connectivity index (χ0v) is 20.0. The quantitative estimate of drug-likeness (QED) is 0.256. The van der Waals surface area contributed by atoms with Gasteiger partial charge in [0, 0.05) is 36.8 Å². The predicted octanol–water partition coefficient (Wildman–Crippen LogP) is 9.66. The van der Waals surface area contributed by atoms with Crippen molar-refractivity contribution in [2.75, 3.05) is 5.73 Å². The largest absolute Gasteiger partial charge is 0.398 e.